The molecule has 0 radical (unpaired) electrons. The zero-order valence-corrected chi connectivity index (χ0v) is 10.6. The average Bonchev–Trinajstić information content (AvgIpc) is 2.56. The van der Waals surface area contributed by atoms with E-state index in [1.807, 2.05) is 0 Å². The van der Waals surface area contributed by atoms with E-state index in [2.05, 4.69) is 32.6 Å². The van der Waals surface area contributed by atoms with Crippen LogP contribution >= 0.6 is 0 Å². The van der Waals surface area contributed by atoms with Gasteiger partial charge in [-0.15, -0.1) is 0 Å². The summed E-state index contributed by atoms with van der Waals surface area (Å²) >= 11 is 0. The molecule has 1 aliphatic heterocycles. The molecule has 2 atom stereocenters. The molecule has 0 amide bonds. The van der Waals surface area contributed by atoms with Crippen LogP contribution in [0.3, 0.4) is 0 Å². The van der Waals surface area contributed by atoms with Crippen LogP contribution in [0.4, 0.5) is 0 Å². The van der Waals surface area contributed by atoms with Crippen LogP contribution in [0.1, 0.15) is 53.4 Å². The topological polar surface area (TPSA) is 23.5 Å². The largest absolute Gasteiger partial charge is 0.391 e. The summed E-state index contributed by atoms with van der Waals surface area (Å²) < 4.78 is 0. The van der Waals surface area contributed by atoms with E-state index in [1.165, 1.54) is 19.4 Å². The molecule has 2 unspecified atom stereocenters. The van der Waals surface area contributed by atoms with Gasteiger partial charge in [0.1, 0.15) is 0 Å². The Labute approximate surface area is 93.7 Å². The van der Waals surface area contributed by atoms with Gasteiger partial charge in [-0.25, -0.2) is 0 Å². The number of aliphatic hydroxyl groups excluding tert-OH is 1. The minimum Gasteiger partial charge on any atom is -0.391 e. The first kappa shape index (κ1) is 11.4. The van der Waals surface area contributed by atoms with Crippen molar-refractivity contribution < 1.29 is 5.11 Å². The first-order valence-corrected chi connectivity index (χ1v) is 6.29. The third-order valence-electron chi connectivity index (χ3n) is 4.62. The van der Waals surface area contributed by atoms with Crippen LogP contribution in [-0.2, 0) is 0 Å². The maximum atomic E-state index is 10.4. The Kier molecular flexibility index (Phi) is 2.63. The molecule has 1 heterocycles. The molecule has 0 aromatic carbocycles. The van der Waals surface area contributed by atoms with Gasteiger partial charge >= 0.3 is 0 Å². The lowest BCUT2D eigenvalue weighted by molar-refractivity contribution is -0.00688. The minimum absolute atomic E-state index is 0.114. The van der Waals surface area contributed by atoms with E-state index in [4.69, 9.17) is 0 Å². The van der Waals surface area contributed by atoms with Crippen LogP contribution in [0.5, 0.6) is 0 Å². The first-order valence-electron chi connectivity index (χ1n) is 6.29. The van der Waals surface area contributed by atoms with Gasteiger partial charge in [0.2, 0.25) is 0 Å². The zero-order valence-electron chi connectivity index (χ0n) is 10.6. The number of hydrogen-bond donors (Lipinski definition) is 1. The number of aliphatic hydroxyl groups is 1. The van der Waals surface area contributed by atoms with Gasteiger partial charge in [-0.05, 0) is 51.5 Å². The molecular formula is C13H25NO. The van der Waals surface area contributed by atoms with E-state index < -0.39 is 0 Å². The van der Waals surface area contributed by atoms with E-state index in [0.717, 1.165) is 12.8 Å². The van der Waals surface area contributed by atoms with Gasteiger partial charge in [-0.2, -0.15) is 0 Å². The van der Waals surface area contributed by atoms with E-state index in [1.54, 1.807) is 0 Å². The second kappa shape index (κ2) is 3.46. The van der Waals surface area contributed by atoms with Gasteiger partial charge in [0, 0.05) is 11.6 Å². The molecule has 15 heavy (non-hydrogen) atoms. The van der Waals surface area contributed by atoms with Gasteiger partial charge in [0.05, 0.1) is 6.10 Å². The molecule has 1 saturated heterocycles. The fourth-order valence-electron chi connectivity index (χ4n) is 3.42. The molecule has 2 aliphatic rings. The fourth-order valence-corrected chi connectivity index (χ4v) is 3.42. The predicted octanol–water partition coefficient (Wildman–Crippen LogP) is 2.41. The summed E-state index contributed by atoms with van der Waals surface area (Å²) in [6.45, 7) is 10.2. The molecule has 0 bridgehead atoms. The first-order chi connectivity index (χ1) is 6.84. The Morgan fingerprint density at radius 2 is 1.80 bits per heavy atom. The maximum absolute atomic E-state index is 10.4. The van der Waals surface area contributed by atoms with Crippen molar-refractivity contribution in [3.63, 3.8) is 0 Å². The number of rotatable bonds is 1. The van der Waals surface area contributed by atoms with Crippen LogP contribution in [0, 0.1) is 5.41 Å². The molecule has 0 spiro atoms. The van der Waals surface area contributed by atoms with Gasteiger partial charge in [-0.3, -0.25) is 4.90 Å². The minimum atomic E-state index is -0.144. The van der Waals surface area contributed by atoms with Crippen molar-refractivity contribution in [2.24, 2.45) is 5.41 Å². The maximum Gasteiger partial charge on any atom is 0.0746 e. The van der Waals surface area contributed by atoms with Gasteiger partial charge in [0.15, 0.2) is 0 Å². The molecule has 2 rings (SSSR count). The average molecular weight is 211 g/mol. The van der Waals surface area contributed by atoms with Crippen molar-refractivity contribution in [1.29, 1.82) is 0 Å². The zero-order chi connectivity index (χ0) is 11.3. The SMILES string of the molecule is CC1(C)CCC(N2CCCC2(C)C)C1O. The second-order valence-electron chi connectivity index (χ2n) is 6.65. The Balaban J connectivity index is 2.13. The third-order valence-corrected chi connectivity index (χ3v) is 4.62. The van der Waals surface area contributed by atoms with Crippen LogP contribution in [0.25, 0.3) is 0 Å². The summed E-state index contributed by atoms with van der Waals surface area (Å²) in [5, 5.41) is 10.4. The third kappa shape index (κ3) is 1.83. The van der Waals surface area contributed by atoms with E-state index in [0.29, 0.717) is 11.6 Å². The lowest BCUT2D eigenvalue weighted by Gasteiger charge is -2.39. The quantitative estimate of drug-likeness (QED) is 0.720. The molecule has 1 aliphatic carbocycles. The van der Waals surface area contributed by atoms with Crippen molar-refractivity contribution in [1.82, 2.24) is 4.90 Å². The standard InChI is InChI=1S/C13H25NO/c1-12(2)8-6-10(11(12)15)14-9-5-7-13(14,3)4/h10-11,15H,5-9H2,1-4H3. The normalized spacial score (nSPS) is 39.8. The number of likely N-dealkylation sites (tertiary alicyclic amines) is 1. The molecule has 2 fully saturated rings. The Bertz CT molecular complexity index is 247. The van der Waals surface area contributed by atoms with E-state index in [-0.39, 0.29) is 11.5 Å². The molecule has 2 nitrogen and oxygen atoms in total. The van der Waals surface area contributed by atoms with Crippen LogP contribution in [-0.4, -0.2) is 34.2 Å². The van der Waals surface area contributed by atoms with Crippen molar-refractivity contribution in [3.8, 4) is 0 Å². The monoisotopic (exact) mass is 211 g/mol. The summed E-state index contributed by atoms with van der Waals surface area (Å²) in [4.78, 5) is 2.55. The smallest absolute Gasteiger partial charge is 0.0746 e. The molecule has 0 aromatic heterocycles. The number of nitrogens with zero attached hydrogens (tertiary/aromatic N) is 1. The summed E-state index contributed by atoms with van der Waals surface area (Å²) in [6.07, 6.45) is 4.74. The lowest BCUT2D eigenvalue weighted by atomic mass is 9.88. The highest BCUT2D eigenvalue weighted by atomic mass is 16.3. The Morgan fingerprint density at radius 3 is 2.20 bits per heavy atom. The van der Waals surface area contributed by atoms with Crippen molar-refractivity contribution in [3.05, 3.63) is 0 Å². The summed E-state index contributed by atoms with van der Waals surface area (Å²) in [5.74, 6) is 0. The molecule has 2 heteroatoms. The molecule has 1 N–H and O–H groups in total. The highest BCUT2D eigenvalue weighted by Crippen LogP contribution is 2.43. The molecular weight excluding hydrogens is 186 g/mol. The van der Waals surface area contributed by atoms with Gasteiger partial charge < -0.3 is 5.11 Å². The van der Waals surface area contributed by atoms with Crippen molar-refractivity contribution in [2.45, 2.75) is 71.1 Å². The van der Waals surface area contributed by atoms with E-state index >= 15 is 0 Å². The van der Waals surface area contributed by atoms with Crippen LogP contribution < -0.4 is 0 Å². The fraction of sp³-hybridized carbons (Fsp3) is 1.00. The Morgan fingerprint density at radius 1 is 1.13 bits per heavy atom. The molecule has 0 aromatic rings. The number of hydrogen-bond acceptors (Lipinski definition) is 2. The highest BCUT2D eigenvalue weighted by molar-refractivity contribution is 5.02. The van der Waals surface area contributed by atoms with Crippen molar-refractivity contribution in [2.75, 3.05) is 6.54 Å². The van der Waals surface area contributed by atoms with Crippen LogP contribution in [0.2, 0.25) is 0 Å². The lowest BCUT2D eigenvalue weighted by Crippen LogP contribution is -2.50. The molecule has 88 valence electrons. The Hall–Kier alpha value is -0.0800. The second-order valence-corrected chi connectivity index (χ2v) is 6.65. The van der Waals surface area contributed by atoms with Gasteiger partial charge in [-0.1, -0.05) is 13.8 Å². The van der Waals surface area contributed by atoms with Crippen LogP contribution in [0.15, 0.2) is 0 Å². The van der Waals surface area contributed by atoms with Gasteiger partial charge in [0.25, 0.3) is 0 Å². The highest BCUT2D eigenvalue weighted by Gasteiger charge is 2.47. The summed E-state index contributed by atoms with van der Waals surface area (Å²) in [5.41, 5.74) is 0.412. The molecule has 1 saturated carbocycles. The predicted molar refractivity (Wildman–Crippen MR) is 62.8 cm³/mol. The van der Waals surface area contributed by atoms with E-state index in [9.17, 15) is 5.11 Å². The van der Waals surface area contributed by atoms with Crippen molar-refractivity contribution >= 4 is 0 Å². The summed E-state index contributed by atoms with van der Waals surface area (Å²) in [7, 11) is 0. The summed E-state index contributed by atoms with van der Waals surface area (Å²) in [6, 6.07) is 0.400.